The van der Waals surface area contributed by atoms with E-state index < -0.39 is 17.6 Å². The molecule has 0 aromatic heterocycles. The number of hydrogen-bond donors (Lipinski definition) is 2. The van der Waals surface area contributed by atoms with Crippen LogP contribution in [0, 0.1) is 17.1 Å². The number of amides is 2. The van der Waals surface area contributed by atoms with Crippen molar-refractivity contribution in [2.75, 3.05) is 5.32 Å². The van der Waals surface area contributed by atoms with Crippen LogP contribution in [0.1, 0.15) is 31.8 Å². The van der Waals surface area contributed by atoms with Gasteiger partial charge in [-0.25, -0.2) is 9.82 Å². The highest BCUT2D eigenvalue weighted by Crippen LogP contribution is 2.13. The van der Waals surface area contributed by atoms with E-state index >= 15 is 0 Å². The molecular formula is C22H15FN4O2. The Morgan fingerprint density at radius 3 is 2.34 bits per heavy atom. The quantitative estimate of drug-likeness (QED) is 0.517. The van der Waals surface area contributed by atoms with Crippen molar-refractivity contribution in [2.24, 2.45) is 5.10 Å². The second kappa shape index (κ2) is 9.06. The monoisotopic (exact) mass is 386 g/mol. The van der Waals surface area contributed by atoms with Gasteiger partial charge in [0.05, 0.1) is 17.8 Å². The molecule has 0 unspecified atom stereocenters. The molecule has 3 aromatic rings. The molecule has 0 bridgehead atoms. The fourth-order valence-electron chi connectivity index (χ4n) is 2.42. The Kier molecular flexibility index (Phi) is 6.08. The molecule has 0 saturated carbocycles. The van der Waals surface area contributed by atoms with Crippen molar-refractivity contribution in [1.29, 1.82) is 5.26 Å². The molecule has 0 aliphatic carbocycles. The Balaban J connectivity index is 1.62. The van der Waals surface area contributed by atoms with Gasteiger partial charge in [0.25, 0.3) is 11.8 Å². The summed E-state index contributed by atoms with van der Waals surface area (Å²) in [5, 5.41) is 15.3. The lowest BCUT2D eigenvalue weighted by Gasteiger charge is -2.07. The number of rotatable bonds is 5. The lowest BCUT2D eigenvalue weighted by molar-refractivity contribution is 0.0953. The van der Waals surface area contributed by atoms with E-state index in [1.807, 2.05) is 6.07 Å². The smallest absolute Gasteiger partial charge is 0.271 e. The van der Waals surface area contributed by atoms with E-state index in [2.05, 4.69) is 15.8 Å². The van der Waals surface area contributed by atoms with Crippen LogP contribution in [0.4, 0.5) is 10.1 Å². The average Bonchev–Trinajstić information content (AvgIpc) is 2.75. The maximum Gasteiger partial charge on any atom is 0.271 e. The lowest BCUT2D eigenvalue weighted by Crippen LogP contribution is -2.18. The molecular weight excluding hydrogens is 371 g/mol. The predicted molar refractivity (Wildman–Crippen MR) is 107 cm³/mol. The van der Waals surface area contributed by atoms with Crippen LogP contribution in [0.2, 0.25) is 0 Å². The standard InChI is InChI=1S/C22H15FN4O2/c23-19-10-8-17(9-11-19)21(28)26-20-3-1-2-18(12-20)22(29)27-25-14-16-6-4-15(13-24)5-7-16/h1-12,14H,(H,26,28)(H,27,29)/b25-14-. The summed E-state index contributed by atoms with van der Waals surface area (Å²) < 4.78 is 13.0. The van der Waals surface area contributed by atoms with Crippen LogP contribution in [-0.2, 0) is 0 Å². The van der Waals surface area contributed by atoms with Gasteiger partial charge in [-0.1, -0.05) is 18.2 Å². The Morgan fingerprint density at radius 1 is 0.931 bits per heavy atom. The van der Waals surface area contributed by atoms with Gasteiger partial charge in [-0.15, -0.1) is 0 Å². The van der Waals surface area contributed by atoms with Gasteiger partial charge in [-0.3, -0.25) is 9.59 Å². The SMILES string of the molecule is N#Cc1ccc(/C=N\NC(=O)c2cccc(NC(=O)c3ccc(F)cc3)c2)cc1. The molecule has 7 heteroatoms. The summed E-state index contributed by atoms with van der Waals surface area (Å²) in [4.78, 5) is 24.5. The number of carbonyl (C=O) groups is 2. The minimum absolute atomic E-state index is 0.299. The molecule has 0 radical (unpaired) electrons. The molecule has 29 heavy (non-hydrogen) atoms. The zero-order valence-electron chi connectivity index (χ0n) is 15.1. The first-order valence-electron chi connectivity index (χ1n) is 8.56. The molecule has 6 nitrogen and oxygen atoms in total. The number of benzene rings is 3. The summed E-state index contributed by atoms with van der Waals surface area (Å²) in [6.07, 6.45) is 1.46. The number of nitriles is 1. The number of nitrogens with one attached hydrogen (secondary N) is 2. The van der Waals surface area contributed by atoms with Crippen LogP contribution in [-0.4, -0.2) is 18.0 Å². The van der Waals surface area contributed by atoms with Gasteiger partial charge in [-0.05, 0) is 60.2 Å². The van der Waals surface area contributed by atoms with Crippen molar-refractivity contribution in [3.05, 3.63) is 101 Å². The molecule has 2 N–H and O–H groups in total. The molecule has 3 rings (SSSR count). The largest absolute Gasteiger partial charge is 0.322 e. The highest BCUT2D eigenvalue weighted by atomic mass is 19.1. The summed E-state index contributed by atoms with van der Waals surface area (Å²) in [6, 6.07) is 20.2. The van der Waals surface area contributed by atoms with E-state index in [1.165, 1.54) is 36.5 Å². The second-order valence-electron chi connectivity index (χ2n) is 5.97. The van der Waals surface area contributed by atoms with Crippen LogP contribution in [0.15, 0.2) is 77.9 Å². The van der Waals surface area contributed by atoms with Crippen molar-refractivity contribution in [3.8, 4) is 6.07 Å². The summed E-state index contributed by atoms with van der Waals surface area (Å²) in [5.41, 5.74) is 4.69. The first-order chi connectivity index (χ1) is 14.0. The Labute approximate surface area is 166 Å². The zero-order chi connectivity index (χ0) is 20.6. The Bertz CT molecular complexity index is 1100. The highest BCUT2D eigenvalue weighted by molar-refractivity contribution is 6.05. The molecule has 0 saturated heterocycles. The molecule has 0 aliphatic heterocycles. The third-order valence-electron chi connectivity index (χ3n) is 3.91. The normalized spacial score (nSPS) is 10.3. The van der Waals surface area contributed by atoms with E-state index in [0.717, 1.165) is 5.56 Å². The maximum absolute atomic E-state index is 13.0. The molecule has 0 atom stereocenters. The first kappa shape index (κ1) is 19.5. The third kappa shape index (κ3) is 5.34. The van der Waals surface area contributed by atoms with Gasteiger partial charge < -0.3 is 5.32 Å². The number of anilines is 1. The van der Waals surface area contributed by atoms with Crippen LogP contribution in [0.25, 0.3) is 0 Å². The van der Waals surface area contributed by atoms with Crippen molar-refractivity contribution in [1.82, 2.24) is 5.43 Å². The van der Waals surface area contributed by atoms with Crippen molar-refractivity contribution in [2.45, 2.75) is 0 Å². The molecule has 0 heterocycles. The average molecular weight is 386 g/mol. The fourth-order valence-corrected chi connectivity index (χ4v) is 2.42. The van der Waals surface area contributed by atoms with Crippen LogP contribution in [0.3, 0.4) is 0 Å². The summed E-state index contributed by atoms with van der Waals surface area (Å²) in [6.45, 7) is 0. The van der Waals surface area contributed by atoms with E-state index in [0.29, 0.717) is 22.4 Å². The van der Waals surface area contributed by atoms with E-state index in [1.54, 1.807) is 42.5 Å². The minimum atomic E-state index is -0.451. The minimum Gasteiger partial charge on any atom is -0.322 e. The first-order valence-corrected chi connectivity index (χ1v) is 8.56. The highest BCUT2D eigenvalue weighted by Gasteiger charge is 2.09. The second-order valence-corrected chi connectivity index (χ2v) is 5.97. The summed E-state index contributed by atoms with van der Waals surface area (Å²) in [5.74, 6) is -1.30. The van der Waals surface area contributed by atoms with Gasteiger partial charge in [-0.2, -0.15) is 10.4 Å². The topological polar surface area (TPSA) is 94.3 Å². The Hall–Kier alpha value is -4.31. The van der Waals surface area contributed by atoms with Crippen molar-refractivity contribution >= 4 is 23.7 Å². The molecule has 0 fully saturated rings. The van der Waals surface area contributed by atoms with Crippen LogP contribution >= 0.6 is 0 Å². The number of carbonyl (C=O) groups excluding carboxylic acids is 2. The predicted octanol–water partition coefficient (Wildman–Crippen LogP) is 3.71. The fraction of sp³-hybridized carbons (Fsp3) is 0. The van der Waals surface area contributed by atoms with Gasteiger partial charge in [0.1, 0.15) is 5.82 Å². The van der Waals surface area contributed by atoms with E-state index in [4.69, 9.17) is 5.26 Å². The van der Waals surface area contributed by atoms with Crippen molar-refractivity contribution < 1.29 is 14.0 Å². The van der Waals surface area contributed by atoms with E-state index in [-0.39, 0.29) is 0 Å². The zero-order valence-corrected chi connectivity index (χ0v) is 15.1. The maximum atomic E-state index is 13.0. The van der Waals surface area contributed by atoms with E-state index in [9.17, 15) is 14.0 Å². The van der Waals surface area contributed by atoms with Gasteiger partial charge in [0.2, 0.25) is 0 Å². The van der Waals surface area contributed by atoms with Crippen LogP contribution < -0.4 is 10.7 Å². The number of hydrogen-bond acceptors (Lipinski definition) is 4. The van der Waals surface area contributed by atoms with Gasteiger partial charge >= 0.3 is 0 Å². The number of hydrazone groups is 1. The third-order valence-corrected chi connectivity index (χ3v) is 3.91. The molecule has 2 amide bonds. The Morgan fingerprint density at radius 2 is 1.66 bits per heavy atom. The van der Waals surface area contributed by atoms with Crippen LogP contribution in [0.5, 0.6) is 0 Å². The van der Waals surface area contributed by atoms with Crippen molar-refractivity contribution in [3.63, 3.8) is 0 Å². The number of halogens is 1. The van der Waals surface area contributed by atoms with Gasteiger partial charge in [0, 0.05) is 16.8 Å². The molecule has 142 valence electrons. The summed E-state index contributed by atoms with van der Waals surface area (Å²) >= 11 is 0. The van der Waals surface area contributed by atoms with Gasteiger partial charge in [0.15, 0.2) is 0 Å². The number of nitrogens with zero attached hydrogens (tertiary/aromatic N) is 2. The summed E-state index contributed by atoms with van der Waals surface area (Å²) in [7, 11) is 0. The molecule has 0 spiro atoms. The molecule has 3 aromatic carbocycles. The lowest BCUT2D eigenvalue weighted by atomic mass is 10.1. The molecule has 0 aliphatic rings.